The minimum atomic E-state index is 0.987. The number of imidazole rings is 1. The highest BCUT2D eigenvalue weighted by Crippen LogP contribution is 2.22. The van der Waals surface area contributed by atoms with Gasteiger partial charge in [-0.25, -0.2) is 4.98 Å². The van der Waals surface area contributed by atoms with Gasteiger partial charge in [0.05, 0.1) is 11.0 Å². The van der Waals surface area contributed by atoms with Crippen molar-refractivity contribution in [2.45, 2.75) is 26.2 Å². The summed E-state index contributed by atoms with van der Waals surface area (Å²) in [6, 6.07) is 14.8. The van der Waals surface area contributed by atoms with E-state index in [9.17, 15) is 0 Å². The summed E-state index contributed by atoms with van der Waals surface area (Å²) in [7, 11) is 0. The van der Waals surface area contributed by atoms with Crippen molar-refractivity contribution in [2.75, 3.05) is 0 Å². The third-order valence-corrected chi connectivity index (χ3v) is 3.97. The number of aromatic nitrogens is 2. The van der Waals surface area contributed by atoms with Gasteiger partial charge in [0, 0.05) is 10.9 Å². The lowest BCUT2D eigenvalue weighted by atomic mass is 10.1. The first-order valence-corrected chi connectivity index (χ1v) is 7.70. The van der Waals surface area contributed by atoms with E-state index in [1.165, 1.54) is 11.1 Å². The van der Waals surface area contributed by atoms with E-state index in [1.54, 1.807) is 0 Å². The van der Waals surface area contributed by atoms with Crippen molar-refractivity contribution in [2.24, 2.45) is 0 Å². The molecule has 1 aromatic heterocycles. The van der Waals surface area contributed by atoms with Crippen LogP contribution in [0.1, 0.15) is 23.4 Å². The quantitative estimate of drug-likeness (QED) is 0.731. The highest BCUT2D eigenvalue weighted by atomic mass is 79.9. The van der Waals surface area contributed by atoms with E-state index in [1.807, 2.05) is 0 Å². The van der Waals surface area contributed by atoms with Gasteiger partial charge in [0.25, 0.3) is 0 Å². The molecular weight excluding hydrogens is 312 g/mol. The fourth-order valence-corrected chi connectivity index (χ4v) is 3.09. The Morgan fingerprint density at radius 1 is 1.10 bits per heavy atom. The van der Waals surface area contributed by atoms with E-state index in [0.717, 1.165) is 40.6 Å². The Balaban J connectivity index is 1.70. The molecule has 0 aliphatic carbocycles. The zero-order valence-electron chi connectivity index (χ0n) is 11.5. The van der Waals surface area contributed by atoms with E-state index in [0.29, 0.717) is 0 Å². The number of hydrogen-bond acceptors (Lipinski definition) is 1. The molecule has 0 saturated heterocycles. The molecule has 0 aliphatic rings. The van der Waals surface area contributed by atoms with E-state index >= 15 is 0 Å². The molecule has 1 heterocycles. The van der Waals surface area contributed by atoms with Crippen molar-refractivity contribution in [1.82, 2.24) is 9.97 Å². The van der Waals surface area contributed by atoms with E-state index in [2.05, 4.69) is 70.3 Å². The van der Waals surface area contributed by atoms with Crippen LogP contribution in [0.3, 0.4) is 0 Å². The van der Waals surface area contributed by atoms with Gasteiger partial charge in [-0.15, -0.1) is 0 Å². The molecule has 2 aromatic carbocycles. The Morgan fingerprint density at radius 2 is 1.90 bits per heavy atom. The molecule has 102 valence electrons. The number of rotatable bonds is 4. The Labute approximate surface area is 127 Å². The number of hydrogen-bond donors (Lipinski definition) is 1. The van der Waals surface area contributed by atoms with Crippen molar-refractivity contribution in [3.63, 3.8) is 0 Å². The highest BCUT2D eigenvalue weighted by Gasteiger charge is 2.06. The molecule has 0 fully saturated rings. The number of nitrogens with one attached hydrogen (secondary N) is 1. The first-order valence-electron chi connectivity index (χ1n) is 6.91. The van der Waals surface area contributed by atoms with Crippen molar-refractivity contribution in [1.29, 1.82) is 0 Å². The Hall–Kier alpha value is -1.61. The zero-order valence-corrected chi connectivity index (χ0v) is 13.1. The lowest BCUT2D eigenvalue weighted by Gasteiger charge is -1.99. The maximum atomic E-state index is 4.71. The molecule has 3 rings (SSSR count). The molecule has 1 N–H and O–H groups in total. The smallest absolute Gasteiger partial charge is 0.107 e. The van der Waals surface area contributed by atoms with Crippen LogP contribution in [0, 0.1) is 6.92 Å². The van der Waals surface area contributed by atoms with Crippen LogP contribution < -0.4 is 0 Å². The van der Waals surface area contributed by atoms with Gasteiger partial charge in [0.1, 0.15) is 5.82 Å². The van der Waals surface area contributed by atoms with Crippen LogP contribution in [0.5, 0.6) is 0 Å². The molecule has 0 aliphatic heterocycles. The average molecular weight is 329 g/mol. The van der Waals surface area contributed by atoms with Gasteiger partial charge in [-0.3, -0.25) is 0 Å². The Morgan fingerprint density at radius 3 is 2.70 bits per heavy atom. The maximum Gasteiger partial charge on any atom is 0.107 e. The summed E-state index contributed by atoms with van der Waals surface area (Å²) < 4.78 is 1.10. The van der Waals surface area contributed by atoms with E-state index < -0.39 is 0 Å². The van der Waals surface area contributed by atoms with Gasteiger partial charge in [-0.05, 0) is 43.0 Å². The van der Waals surface area contributed by atoms with Crippen molar-refractivity contribution < 1.29 is 0 Å². The first kappa shape index (κ1) is 13.4. The van der Waals surface area contributed by atoms with E-state index in [4.69, 9.17) is 4.98 Å². The number of nitrogens with zero attached hydrogens (tertiary/aromatic N) is 1. The van der Waals surface area contributed by atoms with Gasteiger partial charge in [-0.2, -0.15) is 0 Å². The predicted molar refractivity (Wildman–Crippen MR) is 87.0 cm³/mol. The predicted octanol–water partition coefficient (Wildman–Crippen LogP) is 4.81. The molecule has 0 unspecified atom stereocenters. The van der Waals surface area contributed by atoms with Gasteiger partial charge < -0.3 is 4.98 Å². The molecule has 0 radical (unpaired) electrons. The largest absolute Gasteiger partial charge is 0.342 e. The molecule has 3 aromatic rings. The Kier molecular flexibility index (Phi) is 3.88. The second kappa shape index (κ2) is 5.80. The molecule has 0 saturated carbocycles. The van der Waals surface area contributed by atoms with Crippen LogP contribution in [0.15, 0.2) is 46.9 Å². The standard InChI is InChI=1S/C17H17BrN2/c1-12-10-14(18)11-15-17(12)20-16(19-15)9-5-8-13-6-3-2-4-7-13/h2-4,6-7,10-11H,5,8-9H2,1H3,(H,19,20). The SMILES string of the molecule is Cc1cc(Br)cc2[nH]c(CCCc3ccccc3)nc12. The molecule has 0 spiro atoms. The molecule has 0 amide bonds. The second-order valence-electron chi connectivity index (χ2n) is 5.14. The van der Waals surface area contributed by atoms with E-state index in [-0.39, 0.29) is 0 Å². The number of fused-ring (bicyclic) bond motifs is 1. The number of halogens is 1. The van der Waals surface area contributed by atoms with Crippen LogP contribution in [0.25, 0.3) is 11.0 Å². The molecule has 3 heteroatoms. The maximum absolute atomic E-state index is 4.71. The summed E-state index contributed by atoms with van der Waals surface area (Å²) in [6.07, 6.45) is 3.20. The second-order valence-corrected chi connectivity index (χ2v) is 6.06. The highest BCUT2D eigenvalue weighted by molar-refractivity contribution is 9.10. The number of benzene rings is 2. The number of aryl methyl sites for hydroxylation is 3. The lowest BCUT2D eigenvalue weighted by Crippen LogP contribution is -1.91. The molecular formula is C17H17BrN2. The minimum Gasteiger partial charge on any atom is -0.342 e. The molecule has 20 heavy (non-hydrogen) atoms. The average Bonchev–Trinajstić information content (AvgIpc) is 2.83. The van der Waals surface area contributed by atoms with Gasteiger partial charge in [0.15, 0.2) is 0 Å². The summed E-state index contributed by atoms with van der Waals surface area (Å²) in [5, 5.41) is 0. The van der Waals surface area contributed by atoms with Crippen molar-refractivity contribution in [3.05, 3.63) is 63.9 Å². The normalized spacial score (nSPS) is 11.1. The first-order chi connectivity index (χ1) is 9.72. The van der Waals surface area contributed by atoms with Crippen molar-refractivity contribution >= 4 is 27.0 Å². The third-order valence-electron chi connectivity index (χ3n) is 3.51. The fraction of sp³-hybridized carbons (Fsp3) is 0.235. The van der Waals surface area contributed by atoms with Crippen LogP contribution in [-0.4, -0.2) is 9.97 Å². The van der Waals surface area contributed by atoms with Gasteiger partial charge >= 0.3 is 0 Å². The van der Waals surface area contributed by atoms with Crippen molar-refractivity contribution in [3.8, 4) is 0 Å². The summed E-state index contributed by atoms with van der Waals surface area (Å²) in [6.45, 7) is 2.10. The van der Waals surface area contributed by atoms with Gasteiger partial charge in [0.2, 0.25) is 0 Å². The number of aromatic amines is 1. The zero-order chi connectivity index (χ0) is 13.9. The number of H-pyrrole nitrogens is 1. The summed E-state index contributed by atoms with van der Waals surface area (Å²) in [4.78, 5) is 8.13. The topological polar surface area (TPSA) is 28.7 Å². The molecule has 2 nitrogen and oxygen atoms in total. The minimum absolute atomic E-state index is 0.987. The van der Waals surface area contributed by atoms with Crippen LogP contribution in [-0.2, 0) is 12.8 Å². The van der Waals surface area contributed by atoms with Crippen LogP contribution in [0.4, 0.5) is 0 Å². The van der Waals surface area contributed by atoms with Crippen LogP contribution >= 0.6 is 15.9 Å². The summed E-state index contributed by atoms with van der Waals surface area (Å²) >= 11 is 3.53. The van der Waals surface area contributed by atoms with Gasteiger partial charge in [-0.1, -0.05) is 46.3 Å². The summed E-state index contributed by atoms with van der Waals surface area (Å²) in [5.41, 5.74) is 4.80. The van der Waals surface area contributed by atoms with Crippen LogP contribution in [0.2, 0.25) is 0 Å². The molecule has 0 atom stereocenters. The summed E-state index contributed by atoms with van der Waals surface area (Å²) in [5.74, 6) is 1.08. The lowest BCUT2D eigenvalue weighted by molar-refractivity contribution is 0.786. The third kappa shape index (κ3) is 2.93. The fourth-order valence-electron chi connectivity index (χ4n) is 2.52. The Bertz CT molecular complexity index is 716. The molecule has 0 bridgehead atoms. The monoisotopic (exact) mass is 328 g/mol.